The Morgan fingerprint density at radius 2 is 1.97 bits per heavy atom. The van der Waals surface area contributed by atoms with Gasteiger partial charge in [-0.05, 0) is 29.8 Å². The van der Waals surface area contributed by atoms with E-state index < -0.39 is 0 Å². The third-order valence-electron chi connectivity index (χ3n) is 5.10. The standard InChI is InChI=1S/C24H20N4O2/c1-28(15-19-8-5-7-18-14-26-27-23(18)19)24(29)16-10-11-21(22(12-16)30-2)20-9-4-3-6-17(20)13-25/h3-12,14H,15H2,1-2H3,(H,26,27). The van der Waals surface area contributed by atoms with Crippen molar-refractivity contribution in [2.45, 2.75) is 6.54 Å². The molecule has 4 rings (SSSR count). The highest BCUT2D eigenvalue weighted by molar-refractivity contribution is 5.96. The average molecular weight is 396 g/mol. The summed E-state index contributed by atoms with van der Waals surface area (Å²) in [7, 11) is 3.33. The molecule has 6 nitrogen and oxygen atoms in total. The lowest BCUT2D eigenvalue weighted by Crippen LogP contribution is -2.26. The first-order valence-electron chi connectivity index (χ1n) is 9.46. The summed E-state index contributed by atoms with van der Waals surface area (Å²) in [6.07, 6.45) is 1.77. The van der Waals surface area contributed by atoms with E-state index in [4.69, 9.17) is 4.74 Å². The number of nitriles is 1. The summed E-state index contributed by atoms with van der Waals surface area (Å²) in [5, 5.41) is 17.5. The number of aromatic nitrogens is 2. The quantitative estimate of drug-likeness (QED) is 0.543. The summed E-state index contributed by atoms with van der Waals surface area (Å²) in [5.74, 6) is 0.428. The van der Waals surface area contributed by atoms with Gasteiger partial charge in [-0.2, -0.15) is 10.4 Å². The molecule has 1 amide bonds. The topological polar surface area (TPSA) is 82.0 Å². The second kappa shape index (κ2) is 8.10. The number of methoxy groups -OCH3 is 1. The normalized spacial score (nSPS) is 10.6. The molecule has 0 radical (unpaired) electrons. The molecular formula is C24H20N4O2. The van der Waals surface area contributed by atoms with Crippen LogP contribution < -0.4 is 4.74 Å². The van der Waals surface area contributed by atoms with Crippen LogP contribution in [0.4, 0.5) is 0 Å². The molecule has 1 N–H and O–H groups in total. The number of carbonyl (C=O) groups excluding carboxylic acids is 1. The minimum atomic E-state index is -0.120. The predicted octanol–water partition coefficient (Wildman–Crippen LogP) is 4.38. The number of nitrogens with zero attached hydrogens (tertiary/aromatic N) is 3. The molecule has 0 bridgehead atoms. The van der Waals surface area contributed by atoms with Crippen molar-refractivity contribution >= 4 is 16.8 Å². The summed E-state index contributed by atoms with van der Waals surface area (Å²) < 4.78 is 5.54. The number of hydrogen-bond donors (Lipinski definition) is 1. The Kier molecular flexibility index (Phi) is 5.19. The van der Waals surface area contributed by atoms with Gasteiger partial charge < -0.3 is 9.64 Å². The van der Waals surface area contributed by atoms with E-state index in [1.165, 1.54) is 0 Å². The number of carbonyl (C=O) groups is 1. The van der Waals surface area contributed by atoms with Gasteiger partial charge in [-0.15, -0.1) is 0 Å². The van der Waals surface area contributed by atoms with Gasteiger partial charge in [0.25, 0.3) is 5.91 Å². The fraction of sp³-hybridized carbons (Fsp3) is 0.125. The lowest BCUT2D eigenvalue weighted by Gasteiger charge is -2.19. The molecular weight excluding hydrogens is 376 g/mol. The number of hydrogen-bond acceptors (Lipinski definition) is 4. The third-order valence-corrected chi connectivity index (χ3v) is 5.10. The summed E-state index contributed by atoms with van der Waals surface area (Å²) in [5.41, 5.74) is 4.54. The smallest absolute Gasteiger partial charge is 0.254 e. The van der Waals surface area contributed by atoms with Gasteiger partial charge in [0.05, 0.1) is 30.5 Å². The monoisotopic (exact) mass is 396 g/mol. The number of H-pyrrole nitrogens is 1. The highest BCUT2D eigenvalue weighted by Gasteiger charge is 2.17. The summed E-state index contributed by atoms with van der Waals surface area (Å²) in [4.78, 5) is 14.7. The van der Waals surface area contributed by atoms with Gasteiger partial charge in [0.2, 0.25) is 0 Å². The summed E-state index contributed by atoms with van der Waals surface area (Å²) in [6.45, 7) is 0.444. The van der Waals surface area contributed by atoms with Gasteiger partial charge in [-0.3, -0.25) is 9.89 Å². The number of nitrogens with one attached hydrogen (secondary N) is 1. The fourth-order valence-electron chi connectivity index (χ4n) is 3.57. The Balaban J connectivity index is 1.63. The van der Waals surface area contributed by atoms with Crippen LogP contribution >= 0.6 is 0 Å². The lowest BCUT2D eigenvalue weighted by molar-refractivity contribution is 0.0785. The van der Waals surface area contributed by atoms with Crippen molar-refractivity contribution in [1.82, 2.24) is 15.1 Å². The van der Waals surface area contributed by atoms with E-state index in [0.29, 0.717) is 23.4 Å². The molecule has 0 unspecified atom stereocenters. The summed E-state index contributed by atoms with van der Waals surface area (Å²) >= 11 is 0. The Morgan fingerprint density at radius 3 is 2.77 bits per heavy atom. The zero-order valence-corrected chi connectivity index (χ0v) is 16.7. The number of para-hydroxylation sites is 1. The number of aromatic amines is 1. The number of ether oxygens (including phenoxy) is 1. The van der Waals surface area contributed by atoms with E-state index in [1.54, 1.807) is 43.5 Å². The SMILES string of the molecule is COc1cc(C(=O)N(C)Cc2cccc3cn[nH]c23)ccc1-c1ccccc1C#N. The molecule has 1 heterocycles. The Morgan fingerprint density at radius 1 is 1.13 bits per heavy atom. The van der Waals surface area contributed by atoms with E-state index in [-0.39, 0.29) is 5.91 Å². The lowest BCUT2D eigenvalue weighted by atomic mass is 9.98. The van der Waals surface area contributed by atoms with Crippen molar-refractivity contribution in [1.29, 1.82) is 5.26 Å². The third kappa shape index (κ3) is 3.49. The van der Waals surface area contributed by atoms with Crippen LogP contribution in [0.1, 0.15) is 21.5 Å². The predicted molar refractivity (Wildman–Crippen MR) is 115 cm³/mol. The maximum atomic E-state index is 13.1. The van der Waals surface area contributed by atoms with E-state index >= 15 is 0 Å². The van der Waals surface area contributed by atoms with Crippen LogP contribution in [0.2, 0.25) is 0 Å². The fourth-order valence-corrected chi connectivity index (χ4v) is 3.57. The minimum Gasteiger partial charge on any atom is -0.496 e. The minimum absolute atomic E-state index is 0.120. The number of fused-ring (bicyclic) bond motifs is 1. The van der Waals surface area contributed by atoms with Crippen LogP contribution in [0.25, 0.3) is 22.0 Å². The first kappa shape index (κ1) is 19.2. The Labute approximate surface area is 174 Å². The maximum Gasteiger partial charge on any atom is 0.254 e. The second-order valence-electron chi connectivity index (χ2n) is 6.99. The summed E-state index contributed by atoms with van der Waals surface area (Å²) in [6, 6.07) is 20.8. The van der Waals surface area contributed by atoms with E-state index in [2.05, 4.69) is 16.3 Å². The Bertz CT molecular complexity index is 1270. The molecule has 0 aliphatic rings. The first-order valence-corrected chi connectivity index (χ1v) is 9.46. The van der Waals surface area contributed by atoms with E-state index in [1.807, 2.05) is 42.5 Å². The molecule has 0 saturated carbocycles. The van der Waals surface area contributed by atoms with Crippen molar-refractivity contribution in [3.05, 3.63) is 83.6 Å². The average Bonchev–Trinajstić information content (AvgIpc) is 3.28. The molecule has 30 heavy (non-hydrogen) atoms. The highest BCUT2D eigenvalue weighted by Crippen LogP contribution is 2.33. The zero-order valence-electron chi connectivity index (χ0n) is 16.7. The molecule has 148 valence electrons. The van der Waals surface area contributed by atoms with Crippen molar-refractivity contribution in [2.75, 3.05) is 14.2 Å². The van der Waals surface area contributed by atoms with Gasteiger partial charge in [0, 0.05) is 35.7 Å². The Hall–Kier alpha value is -4.11. The molecule has 0 spiro atoms. The number of benzene rings is 3. The highest BCUT2D eigenvalue weighted by atomic mass is 16.5. The van der Waals surface area contributed by atoms with Crippen LogP contribution in [-0.2, 0) is 6.54 Å². The van der Waals surface area contributed by atoms with E-state index in [0.717, 1.165) is 27.6 Å². The molecule has 0 saturated heterocycles. The van der Waals surface area contributed by atoms with Crippen molar-refractivity contribution in [3.8, 4) is 22.9 Å². The van der Waals surface area contributed by atoms with E-state index in [9.17, 15) is 10.1 Å². The molecule has 3 aromatic carbocycles. The molecule has 0 atom stereocenters. The molecule has 0 aliphatic carbocycles. The van der Waals surface area contributed by atoms with Crippen molar-refractivity contribution < 1.29 is 9.53 Å². The van der Waals surface area contributed by atoms with Gasteiger partial charge in [-0.25, -0.2) is 0 Å². The van der Waals surface area contributed by atoms with Gasteiger partial charge in [0.15, 0.2) is 0 Å². The largest absolute Gasteiger partial charge is 0.496 e. The number of rotatable bonds is 5. The van der Waals surface area contributed by atoms with Crippen molar-refractivity contribution in [2.24, 2.45) is 0 Å². The van der Waals surface area contributed by atoms with Gasteiger partial charge >= 0.3 is 0 Å². The van der Waals surface area contributed by atoms with Gasteiger partial charge in [-0.1, -0.05) is 36.4 Å². The molecule has 1 aromatic heterocycles. The molecule has 0 fully saturated rings. The number of amides is 1. The zero-order chi connectivity index (χ0) is 21.1. The molecule has 4 aromatic rings. The van der Waals surface area contributed by atoms with Crippen LogP contribution in [0.3, 0.4) is 0 Å². The maximum absolute atomic E-state index is 13.1. The van der Waals surface area contributed by atoms with Crippen LogP contribution in [0.5, 0.6) is 5.75 Å². The van der Waals surface area contributed by atoms with Gasteiger partial charge in [0.1, 0.15) is 5.75 Å². The first-order chi connectivity index (χ1) is 14.6. The van der Waals surface area contributed by atoms with Crippen LogP contribution in [-0.4, -0.2) is 35.2 Å². The van der Waals surface area contributed by atoms with Crippen LogP contribution in [0, 0.1) is 11.3 Å². The second-order valence-corrected chi connectivity index (χ2v) is 6.99. The molecule has 0 aliphatic heterocycles. The molecule has 6 heteroatoms. The van der Waals surface area contributed by atoms with Crippen molar-refractivity contribution in [3.63, 3.8) is 0 Å². The van der Waals surface area contributed by atoms with Crippen LogP contribution in [0.15, 0.2) is 66.9 Å².